The van der Waals surface area contributed by atoms with Crippen molar-refractivity contribution in [3.8, 4) is 0 Å². The van der Waals surface area contributed by atoms with E-state index >= 15 is 0 Å². The summed E-state index contributed by atoms with van der Waals surface area (Å²) in [4.78, 5) is 18.7. The van der Waals surface area contributed by atoms with Crippen molar-refractivity contribution in [1.82, 2.24) is 9.97 Å². The summed E-state index contributed by atoms with van der Waals surface area (Å²) in [7, 11) is 0. The first-order valence-corrected chi connectivity index (χ1v) is 6.24. The van der Waals surface area contributed by atoms with Gasteiger partial charge in [0.25, 0.3) is 5.22 Å². The van der Waals surface area contributed by atoms with E-state index in [1.807, 2.05) is 6.92 Å². The lowest BCUT2D eigenvalue weighted by Crippen LogP contribution is -1.94. The van der Waals surface area contributed by atoms with Crippen LogP contribution in [0.4, 0.5) is 0 Å². The zero-order chi connectivity index (χ0) is 11.5. The molecule has 2 aromatic rings. The number of thiazole rings is 1. The minimum absolute atomic E-state index is 0.110. The number of aromatic carboxylic acids is 1. The third kappa shape index (κ3) is 2.61. The molecule has 84 valence electrons. The quantitative estimate of drug-likeness (QED) is 0.847. The Morgan fingerprint density at radius 1 is 1.62 bits per heavy atom. The first-order chi connectivity index (χ1) is 7.65. The van der Waals surface area contributed by atoms with Crippen LogP contribution in [-0.4, -0.2) is 21.0 Å². The molecule has 0 atom stereocenters. The Morgan fingerprint density at radius 3 is 3.00 bits per heavy atom. The highest BCUT2D eigenvalue weighted by Gasteiger charge is 2.10. The molecule has 2 aromatic heterocycles. The highest BCUT2D eigenvalue weighted by molar-refractivity contribution is 7.98. The maximum atomic E-state index is 10.6. The molecule has 16 heavy (non-hydrogen) atoms. The van der Waals surface area contributed by atoms with E-state index in [1.165, 1.54) is 11.8 Å². The zero-order valence-electron chi connectivity index (χ0n) is 8.34. The van der Waals surface area contributed by atoms with Gasteiger partial charge in [-0.1, -0.05) is 11.8 Å². The van der Waals surface area contributed by atoms with Gasteiger partial charge in [0.15, 0.2) is 0 Å². The predicted molar refractivity (Wildman–Crippen MR) is 59.9 cm³/mol. The van der Waals surface area contributed by atoms with Gasteiger partial charge in [0.2, 0.25) is 5.01 Å². The molecule has 0 spiro atoms. The van der Waals surface area contributed by atoms with E-state index in [-0.39, 0.29) is 5.01 Å². The van der Waals surface area contributed by atoms with Crippen molar-refractivity contribution in [2.45, 2.75) is 17.9 Å². The van der Waals surface area contributed by atoms with E-state index in [9.17, 15) is 4.79 Å². The molecule has 1 N–H and O–H groups in total. The van der Waals surface area contributed by atoms with Crippen molar-refractivity contribution in [2.24, 2.45) is 0 Å². The molecule has 0 amide bonds. The van der Waals surface area contributed by atoms with Crippen molar-refractivity contribution in [3.05, 3.63) is 28.0 Å². The normalized spacial score (nSPS) is 10.6. The number of thioether (sulfide) groups is 1. The highest BCUT2D eigenvalue weighted by atomic mass is 32.2. The fourth-order valence-corrected chi connectivity index (χ4v) is 2.51. The highest BCUT2D eigenvalue weighted by Crippen LogP contribution is 2.22. The summed E-state index contributed by atoms with van der Waals surface area (Å²) in [6.07, 6.45) is 1.58. The number of carbonyl (C=O) groups is 1. The van der Waals surface area contributed by atoms with Crippen LogP contribution in [0.3, 0.4) is 0 Å². The average Bonchev–Trinajstić information content (AvgIpc) is 2.83. The van der Waals surface area contributed by atoms with Gasteiger partial charge in [0, 0.05) is 11.1 Å². The first-order valence-electron chi connectivity index (χ1n) is 4.38. The molecule has 0 radical (unpaired) electrons. The second-order valence-electron chi connectivity index (χ2n) is 2.99. The van der Waals surface area contributed by atoms with Gasteiger partial charge in [-0.25, -0.2) is 14.8 Å². The number of rotatable bonds is 4. The predicted octanol–water partition coefficient (Wildman–Crippen LogP) is 2.43. The molecule has 0 aromatic carbocycles. The Kier molecular flexibility index (Phi) is 3.25. The summed E-state index contributed by atoms with van der Waals surface area (Å²) < 4.78 is 5.15. The summed E-state index contributed by atoms with van der Waals surface area (Å²) >= 11 is 2.52. The number of carboxylic acids is 1. The molecule has 0 bridgehead atoms. The maximum Gasteiger partial charge on any atom is 0.365 e. The van der Waals surface area contributed by atoms with Crippen molar-refractivity contribution in [3.63, 3.8) is 0 Å². The minimum atomic E-state index is -0.992. The van der Waals surface area contributed by atoms with Crippen molar-refractivity contribution >= 4 is 29.1 Å². The van der Waals surface area contributed by atoms with Crippen LogP contribution in [0.25, 0.3) is 0 Å². The molecule has 0 aliphatic heterocycles. The van der Waals surface area contributed by atoms with Gasteiger partial charge in [0.1, 0.15) is 6.26 Å². The monoisotopic (exact) mass is 256 g/mol. The Morgan fingerprint density at radius 2 is 2.44 bits per heavy atom. The SMILES string of the molecule is Cc1coc(SCc2csc(C(=O)O)n2)n1. The van der Waals surface area contributed by atoms with E-state index in [0.29, 0.717) is 11.0 Å². The first kappa shape index (κ1) is 11.2. The van der Waals surface area contributed by atoms with Crippen LogP contribution in [0.5, 0.6) is 0 Å². The van der Waals surface area contributed by atoms with Crippen LogP contribution in [0.15, 0.2) is 21.3 Å². The second kappa shape index (κ2) is 4.67. The van der Waals surface area contributed by atoms with Gasteiger partial charge in [-0.2, -0.15) is 0 Å². The molecule has 0 fully saturated rings. The Balaban J connectivity index is 1.97. The van der Waals surface area contributed by atoms with E-state index < -0.39 is 5.97 Å². The Bertz CT molecular complexity index is 506. The molecule has 0 saturated heterocycles. The van der Waals surface area contributed by atoms with E-state index in [2.05, 4.69) is 9.97 Å². The third-order valence-electron chi connectivity index (χ3n) is 1.68. The fraction of sp³-hybridized carbons (Fsp3) is 0.222. The van der Waals surface area contributed by atoms with Gasteiger partial charge in [-0.05, 0) is 6.92 Å². The molecular formula is C9H8N2O3S2. The molecule has 0 aliphatic rings. The number of oxazole rings is 1. The standard InChI is InChI=1S/C9H8N2O3S2/c1-5-2-14-9(10-5)16-4-6-3-15-7(11-6)8(12)13/h2-3H,4H2,1H3,(H,12,13). The van der Waals surface area contributed by atoms with Gasteiger partial charge >= 0.3 is 5.97 Å². The molecule has 2 heterocycles. The van der Waals surface area contributed by atoms with Crippen LogP contribution >= 0.6 is 23.1 Å². The van der Waals surface area contributed by atoms with E-state index in [1.54, 1.807) is 11.6 Å². The minimum Gasteiger partial charge on any atom is -0.476 e. The summed E-state index contributed by atoms with van der Waals surface area (Å²) in [6.45, 7) is 1.85. The van der Waals surface area contributed by atoms with Crippen LogP contribution in [0.1, 0.15) is 21.2 Å². The summed E-state index contributed by atoms with van der Waals surface area (Å²) in [5, 5.41) is 11.1. The number of aryl methyl sites for hydroxylation is 1. The average molecular weight is 256 g/mol. The number of hydrogen-bond acceptors (Lipinski definition) is 6. The molecule has 7 heteroatoms. The van der Waals surface area contributed by atoms with Crippen LogP contribution < -0.4 is 0 Å². The molecule has 5 nitrogen and oxygen atoms in total. The number of hydrogen-bond donors (Lipinski definition) is 1. The number of carboxylic acid groups (broad SMARTS) is 1. The van der Waals surface area contributed by atoms with Gasteiger partial charge in [-0.15, -0.1) is 11.3 Å². The Hall–Kier alpha value is -1.34. The number of nitrogens with zero attached hydrogens (tertiary/aromatic N) is 2. The second-order valence-corrected chi connectivity index (χ2v) is 4.78. The van der Waals surface area contributed by atoms with E-state index in [4.69, 9.17) is 9.52 Å². The van der Waals surface area contributed by atoms with Crippen molar-refractivity contribution in [2.75, 3.05) is 0 Å². The van der Waals surface area contributed by atoms with Crippen molar-refractivity contribution in [1.29, 1.82) is 0 Å². The van der Waals surface area contributed by atoms with E-state index in [0.717, 1.165) is 22.7 Å². The lowest BCUT2D eigenvalue weighted by Gasteiger charge is -1.91. The van der Waals surface area contributed by atoms with Crippen LogP contribution in [0.2, 0.25) is 0 Å². The number of aromatic nitrogens is 2. The molecule has 2 rings (SSSR count). The summed E-state index contributed by atoms with van der Waals surface area (Å²) in [5.41, 5.74) is 1.55. The van der Waals surface area contributed by atoms with Crippen LogP contribution in [-0.2, 0) is 5.75 Å². The van der Waals surface area contributed by atoms with Gasteiger partial charge < -0.3 is 9.52 Å². The summed E-state index contributed by atoms with van der Waals surface area (Å²) in [6, 6.07) is 0. The molecular weight excluding hydrogens is 248 g/mol. The van der Waals surface area contributed by atoms with Gasteiger partial charge in [0.05, 0.1) is 11.4 Å². The lowest BCUT2D eigenvalue weighted by atomic mass is 10.6. The maximum absolute atomic E-state index is 10.6. The van der Waals surface area contributed by atoms with Crippen molar-refractivity contribution < 1.29 is 14.3 Å². The third-order valence-corrected chi connectivity index (χ3v) is 3.43. The summed E-state index contributed by atoms with van der Waals surface area (Å²) in [5.74, 6) is -0.433. The topological polar surface area (TPSA) is 76.2 Å². The lowest BCUT2D eigenvalue weighted by molar-refractivity contribution is 0.0696. The van der Waals surface area contributed by atoms with Gasteiger partial charge in [-0.3, -0.25) is 0 Å². The largest absolute Gasteiger partial charge is 0.476 e. The molecule has 0 aliphatic carbocycles. The Labute approximate surface area is 99.5 Å². The molecule has 0 unspecified atom stereocenters. The zero-order valence-corrected chi connectivity index (χ0v) is 9.97. The van der Waals surface area contributed by atoms with Crippen LogP contribution in [0, 0.1) is 6.92 Å². The smallest absolute Gasteiger partial charge is 0.365 e. The fourth-order valence-electron chi connectivity index (χ4n) is 1.01. The molecule has 0 saturated carbocycles.